The van der Waals surface area contributed by atoms with Crippen molar-refractivity contribution in [1.29, 1.82) is 0 Å². The fourth-order valence-corrected chi connectivity index (χ4v) is 4.42. The second-order valence-electron chi connectivity index (χ2n) is 7.13. The Kier molecular flexibility index (Phi) is 4.50. The van der Waals surface area contributed by atoms with Crippen LogP contribution in [0.25, 0.3) is 0 Å². The molecule has 7 nitrogen and oxygen atoms in total. The van der Waals surface area contributed by atoms with Crippen molar-refractivity contribution in [2.75, 3.05) is 14.2 Å². The molecule has 0 aliphatic carbocycles. The third kappa shape index (κ3) is 3.01. The molecule has 2 aliphatic rings. The topological polar surface area (TPSA) is 80.6 Å². The maximum atomic E-state index is 11.4. The zero-order valence-corrected chi connectivity index (χ0v) is 15.1. The minimum Gasteiger partial charge on any atom is -0.481 e. The monoisotopic (exact) mass is 356 g/mol. The molecule has 0 radical (unpaired) electrons. The fourth-order valence-electron chi connectivity index (χ4n) is 4.42. The van der Waals surface area contributed by atoms with E-state index >= 15 is 0 Å². The van der Waals surface area contributed by atoms with Gasteiger partial charge in [-0.25, -0.2) is 4.98 Å². The Morgan fingerprint density at radius 2 is 1.85 bits per heavy atom. The highest BCUT2D eigenvalue weighted by Crippen LogP contribution is 2.47. The first kappa shape index (κ1) is 17.2. The minimum absolute atomic E-state index is 0.243. The molecule has 1 N–H and O–H groups in total. The van der Waals surface area contributed by atoms with Gasteiger partial charge >= 0.3 is 6.01 Å². The highest BCUT2D eigenvalue weighted by molar-refractivity contribution is 5.33. The second-order valence-corrected chi connectivity index (χ2v) is 7.13. The molecule has 2 bridgehead atoms. The molecular formula is C19H24N4O3. The summed E-state index contributed by atoms with van der Waals surface area (Å²) in [6, 6.07) is 5.02. The Labute approximate surface area is 153 Å². The SMILES string of the molecule is COc1ncc(C2(O)C[C@H]3CC[C@@H](C2)N3Cc2ccncc2)c(OC)n1. The molecule has 138 valence electrons. The van der Waals surface area contributed by atoms with Gasteiger partial charge in [0.25, 0.3) is 0 Å². The van der Waals surface area contributed by atoms with Crippen molar-refractivity contribution >= 4 is 0 Å². The first-order chi connectivity index (χ1) is 12.6. The van der Waals surface area contributed by atoms with Crippen LogP contribution in [-0.2, 0) is 12.1 Å². The van der Waals surface area contributed by atoms with Gasteiger partial charge < -0.3 is 14.6 Å². The van der Waals surface area contributed by atoms with Gasteiger partial charge in [-0.15, -0.1) is 0 Å². The number of methoxy groups -OCH3 is 2. The molecule has 0 aromatic carbocycles. The normalized spacial score (nSPS) is 28.1. The molecular weight excluding hydrogens is 332 g/mol. The van der Waals surface area contributed by atoms with E-state index < -0.39 is 5.60 Å². The van der Waals surface area contributed by atoms with E-state index in [1.807, 2.05) is 12.4 Å². The molecule has 4 rings (SSSR count). The van der Waals surface area contributed by atoms with E-state index in [0.29, 0.717) is 36.4 Å². The number of ether oxygens (including phenoxy) is 2. The average Bonchev–Trinajstić information content (AvgIpc) is 2.92. The lowest BCUT2D eigenvalue weighted by atomic mass is 9.81. The summed E-state index contributed by atoms with van der Waals surface area (Å²) in [7, 11) is 3.07. The molecule has 2 aromatic heterocycles. The molecule has 2 aromatic rings. The van der Waals surface area contributed by atoms with Crippen LogP contribution in [-0.4, -0.2) is 51.3 Å². The van der Waals surface area contributed by atoms with Crippen molar-refractivity contribution in [2.45, 2.75) is 49.9 Å². The smallest absolute Gasteiger partial charge is 0.319 e. The Bertz CT molecular complexity index is 757. The lowest BCUT2D eigenvalue weighted by molar-refractivity contribution is -0.0612. The molecule has 7 heteroatoms. The summed E-state index contributed by atoms with van der Waals surface area (Å²) < 4.78 is 10.5. The molecule has 3 atom stereocenters. The first-order valence-electron chi connectivity index (χ1n) is 8.95. The quantitative estimate of drug-likeness (QED) is 0.876. The van der Waals surface area contributed by atoms with Gasteiger partial charge in [0, 0.05) is 37.2 Å². The molecule has 1 unspecified atom stereocenters. The third-order valence-corrected chi connectivity index (χ3v) is 5.64. The zero-order chi connectivity index (χ0) is 18.1. The number of hydrogen-bond donors (Lipinski definition) is 1. The highest BCUT2D eigenvalue weighted by Gasteiger charge is 2.49. The van der Waals surface area contributed by atoms with Crippen molar-refractivity contribution in [3.8, 4) is 11.9 Å². The van der Waals surface area contributed by atoms with Crippen LogP contribution in [0.15, 0.2) is 30.7 Å². The molecule has 0 saturated carbocycles. The largest absolute Gasteiger partial charge is 0.481 e. The predicted octanol–water partition coefficient (Wildman–Crippen LogP) is 1.90. The van der Waals surface area contributed by atoms with Crippen LogP contribution < -0.4 is 9.47 Å². The standard InChI is InChI=1S/C19H24N4O3/c1-25-17-16(11-21-18(22-17)26-2)19(24)9-14-3-4-15(10-19)23(14)12-13-5-7-20-8-6-13/h5-8,11,14-15,24H,3-4,9-10,12H2,1-2H3/t14-,15+,19?. The summed E-state index contributed by atoms with van der Waals surface area (Å²) in [5.41, 5.74) is 0.937. The lowest BCUT2D eigenvalue weighted by Gasteiger charge is -2.44. The van der Waals surface area contributed by atoms with Crippen LogP contribution >= 0.6 is 0 Å². The van der Waals surface area contributed by atoms with E-state index in [1.54, 1.807) is 13.3 Å². The maximum Gasteiger partial charge on any atom is 0.319 e. The summed E-state index contributed by atoms with van der Waals surface area (Å²) in [5.74, 6) is 0.390. The van der Waals surface area contributed by atoms with Crippen LogP contribution in [0, 0.1) is 0 Å². The van der Waals surface area contributed by atoms with Crippen LogP contribution in [0.2, 0.25) is 0 Å². The molecule has 0 spiro atoms. The van der Waals surface area contributed by atoms with Crippen molar-refractivity contribution < 1.29 is 14.6 Å². The number of aromatic nitrogens is 3. The van der Waals surface area contributed by atoms with Gasteiger partial charge in [-0.2, -0.15) is 4.98 Å². The summed E-state index contributed by atoms with van der Waals surface area (Å²) in [6.07, 6.45) is 8.80. The van der Waals surface area contributed by atoms with Gasteiger partial charge in [0.2, 0.25) is 5.88 Å². The molecule has 2 fully saturated rings. The number of aliphatic hydroxyl groups is 1. The van der Waals surface area contributed by atoms with E-state index in [1.165, 1.54) is 12.7 Å². The summed E-state index contributed by atoms with van der Waals surface area (Å²) >= 11 is 0. The van der Waals surface area contributed by atoms with Gasteiger partial charge in [0.15, 0.2) is 0 Å². The van der Waals surface area contributed by atoms with Gasteiger partial charge in [-0.3, -0.25) is 9.88 Å². The van der Waals surface area contributed by atoms with Crippen molar-refractivity contribution in [1.82, 2.24) is 19.9 Å². The summed E-state index contributed by atoms with van der Waals surface area (Å²) in [6.45, 7) is 0.893. The Morgan fingerprint density at radius 3 is 2.46 bits per heavy atom. The van der Waals surface area contributed by atoms with E-state index in [9.17, 15) is 5.11 Å². The van der Waals surface area contributed by atoms with Crippen molar-refractivity contribution in [3.63, 3.8) is 0 Å². The van der Waals surface area contributed by atoms with Gasteiger partial charge in [0.05, 0.1) is 25.4 Å². The number of rotatable bonds is 5. The Balaban J connectivity index is 1.58. The summed E-state index contributed by atoms with van der Waals surface area (Å²) in [4.78, 5) is 15.0. The van der Waals surface area contributed by atoms with E-state index in [2.05, 4.69) is 32.0 Å². The highest BCUT2D eigenvalue weighted by atomic mass is 16.5. The van der Waals surface area contributed by atoms with Gasteiger partial charge in [-0.1, -0.05) is 0 Å². The lowest BCUT2D eigenvalue weighted by Crippen LogP contribution is -2.49. The van der Waals surface area contributed by atoms with Crippen LogP contribution in [0.3, 0.4) is 0 Å². The zero-order valence-electron chi connectivity index (χ0n) is 15.1. The van der Waals surface area contributed by atoms with Crippen LogP contribution in [0.5, 0.6) is 11.9 Å². The van der Waals surface area contributed by atoms with Gasteiger partial charge in [0.1, 0.15) is 0 Å². The van der Waals surface area contributed by atoms with Crippen molar-refractivity contribution in [2.24, 2.45) is 0 Å². The summed E-state index contributed by atoms with van der Waals surface area (Å²) in [5, 5.41) is 11.4. The van der Waals surface area contributed by atoms with Crippen LogP contribution in [0.4, 0.5) is 0 Å². The second kappa shape index (κ2) is 6.81. The van der Waals surface area contributed by atoms with Crippen LogP contribution in [0.1, 0.15) is 36.8 Å². The fraction of sp³-hybridized carbons (Fsp3) is 0.526. The molecule has 4 heterocycles. The average molecular weight is 356 g/mol. The minimum atomic E-state index is -0.974. The molecule has 0 amide bonds. The first-order valence-corrected chi connectivity index (χ1v) is 8.95. The maximum absolute atomic E-state index is 11.4. The Morgan fingerprint density at radius 1 is 1.15 bits per heavy atom. The predicted molar refractivity (Wildman–Crippen MR) is 94.9 cm³/mol. The number of hydrogen-bond acceptors (Lipinski definition) is 7. The third-order valence-electron chi connectivity index (χ3n) is 5.64. The van der Waals surface area contributed by atoms with E-state index in [0.717, 1.165) is 19.4 Å². The Hall–Kier alpha value is -2.25. The van der Waals surface area contributed by atoms with Gasteiger partial charge in [-0.05, 0) is 43.4 Å². The number of fused-ring (bicyclic) bond motifs is 2. The van der Waals surface area contributed by atoms with Crippen molar-refractivity contribution in [3.05, 3.63) is 41.9 Å². The molecule has 26 heavy (non-hydrogen) atoms. The van der Waals surface area contributed by atoms with E-state index in [-0.39, 0.29) is 6.01 Å². The number of piperidine rings is 1. The van der Waals surface area contributed by atoms with E-state index in [4.69, 9.17) is 9.47 Å². The number of pyridine rings is 1. The number of nitrogens with zero attached hydrogens (tertiary/aromatic N) is 4. The molecule has 2 aliphatic heterocycles. The molecule has 2 saturated heterocycles.